The first-order chi connectivity index (χ1) is 18.3. The Hall–Kier alpha value is -4.16. The lowest BCUT2D eigenvalue weighted by Gasteiger charge is -2.46. The number of hydrogen-bond acceptors (Lipinski definition) is 5. The second kappa shape index (κ2) is 10.3. The molecule has 0 saturated carbocycles. The lowest BCUT2D eigenvalue weighted by atomic mass is 9.93. The van der Waals surface area contributed by atoms with Crippen LogP contribution < -0.4 is 10.5 Å². The molecule has 38 heavy (non-hydrogen) atoms. The van der Waals surface area contributed by atoms with Crippen molar-refractivity contribution in [3.8, 4) is 6.07 Å². The van der Waals surface area contributed by atoms with Crippen molar-refractivity contribution < 1.29 is 13.2 Å². The summed E-state index contributed by atoms with van der Waals surface area (Å²) >= 11 is 0. The number of nitriles is 1. The summed E-state index contributed by atoms with van der Waals surface area (Å²) in [7, 11) is 1.48. The fraction of sp³-hybridized carbons (Fsp3) is 0.276. The van der Waals surface area contributed by atoms with E-state index in [2.05, 4.69) is 9.88 Å². The van der Waals surface area contributed by atoms with Gasteiger partial charge in [0.05, 0.1) is 11.6 Å². The number of aryl methyl sites for hydroxylation is 1. The zero-order valence-electron chi connectivity index (χ0n) is 21.0. The van der Waals surface area contributed by atoms with Gasteiger partial charge in [-0.15, -0.1) is 0 Å². The molecule has 5 rings (SSSR count). The highest BCUT2D eigenvalue weighted by Gasteiger charge is 2.35. The second-order valence-electron chi connectivity index (χ2n) is 9.45. The van der Waals surface area contributed by atoms with Crippen LogP contribution in [0.3, 0.4) is 0 Å². The number of nitrogens with zero attached hydrogens (tertiary/aromatic N) is 5. The van der Waals surface area contributed by atoms with Crippen LogP contribution in [0.1, 0.15) is 36.2 Å². The summed E-state index contributed by atoms with van der Waals surface area (Å²) in [6, 6.07) is 17.3. The molecule has 194 valence electrons. The van der Waals surface area contributed by atoms with E-state index in [1.54, 1.807) is 30.3 Å². The Kier molecular flexibility index (Phi) is 6.91. The normalized spacial score (nSPS) is 16.2. The molecule has 1 atom stereocenters. The molecule has 0 N–H and O–H groups in total. The van der Waals surface area contributed by atoms with Crippen molar-refractivity contribution in [1.29, 1.82) is 5.26 Å². The average Bonchev–Trinajstić information content (AvgIpc) is 2.94. The topological polar surface area (TPSA) is 65.2 Å². The van der Waals surface area contributed by atoms with Crippen LogP contribution in [0.15, 0.2) is 65.5 Å². The maximum Gasteiger partial charge on any atom is 0.289 e. The summed E-state index contributed by atoms with van der Waals surface area (Å²) in [5, 5.41) is 9.38. The molecule has 9 heteroatoms. The molecule has 1 saturated heterocycles. The third-order valence-electron chi connectivity index (χ3n) is 7.29. The fourth-order valence-corrected chi connectivity index (χ4v) is 5.35. The van der Waals surface area contributed by atoms with Crippen LogP contribution >= 0.6 is 0 Å². The van der Waals surface area contributed by atoms with E-state index in [1.165, 1.54) is 41.9 Å². The van der Waals surface area contributed by atoms with Crippen LogP contribution in [0, 0.1) is 28.8 Å². The summed E-state index contributed by atoms with van der Waals surface area (Å²) in [5.74, 6) is -1.60. The third-order valence-corrected chi connectivity index (χ3v) is 7.29. The molecule has 0 aliphatic carbocycles. The molecule has 6 nitrogen and oxygen atoms in total. The molecule has 0 radical (unpaired) electrons. The maximum atomic E-state index is 15.5. The van der Waals surface area contributed by atoms with Gasteiger partial charge in [-0.05, 0) is 53.9 Å². The summed E-state index contributed by atoms with van der Waals surface area (Å²) in [6.45, 7) is 3.30. The molecular formula is C29H26F3N5O. The first-order valence-corrected chi connectivity index (χ1v) is 12.4. The number of halogens is 3. The smallest absolute Gasteiger partial charge is 0.289 e. The summed E-state index contributed by atoms with van der Waals surface area (Å²) in [6.07, 6.45) is 0.705. The SMILES string of the molecule is CCC1CN(c2c(F)c(=O)n(C)c3ccc(C#N)nc23)CCN1C(c1ccc(F)cc1)c1ccc(F)cc1. The van der Waals surface area contributed by atoms with Crippen molar-refractivity contribution >= 4 is 16.7 Å². The Morgan fingerprint density at radius 3 is 2.13 bits per heavy atom. The van der Waals surface area contributed by atoms with Gasteiger partial charge in [-0.3, -0.25) is 9.69 Å². The highest BCUT2D eigenvalue weighted by Crippen LogP contribution is 2.36. The minimum atomic E-state index is -0.903. The van der Waals surface area contributed by atoms with Gasteiger partial charge in [-0.2, -0.15) is 9.65 Å². The summed E-state index contributed by atoms with van der Waals surface area (Å²) in [5.41, 5.74) is 1.89. The van der Waals surface area contributed by atoms with Crippen LogP contribution in [-0.2, 0) is 7.05 Å². The minimum absolute atomic E-state index is 0.0819. The number of rotatable bonds is 5. The number of anilines is 1. The molecule has 0 amide bonds. The molecule has 0 spiro atoms. The van der Waals surface area contributed by atoms with Crippen molar-refractivity contribution in [2.45, 2.75) is 25.4 Å². The van der Waals surface area contributed by atoms with Gasteiger partial charge in [-0.1, -0.05) is 31.2 Å². The summed E-state index contributed by atoms with van der Waals surface area (Å²) in [4.78, 5) is 21.2. The highest BCUT2D eigenvalue weighted by molar-refractivity contribution is 5.89. The van der Waals surface area contributed by atoms with E-state index < -0.39 is 11.4 Å². The van der Waals surface area contributed by atoms with Crippen LogP contribution in [0.2, 0.25) is 0 Å². The Bertz CT molecular complexity index is 1530. The minimum Gasteiger partial charge on any atom is -0.364 e. The first-order valence-electron chi connectivity index (χ1n) is 12.4. The molecule has 1 fully saturated rings. The van der Waals surface area contributed by atoms with E-state index in [0.29, 0.717) is 31.6 Å². The molecule has 2 aromatic carbocycles. The van der Waals surface area contributed by atoms with Gasteiger partial charge in [0, 0.05) is 32.7 Å². The van der Waals surface area contributed by atoms with Gasteiger partial charge in [-0.25, -0.2) is 13.8 Å². The predicted octanol–water partition coefficient (Wildman–Crippen LogP) is 4.91. The van der Waals surface area contributed by atoms with Crippen molar-refractivity contribution in [2.24, 2.45) is 7.05 Å². The highest BCUT2D eigenvalue weighted by atomic mass is 19.1. The molecule has 2 aromatic heterocycles. The quantitative estimate of drug-likeness (QED) is 0.376. The van der Waals surface area contributed by atoms with Crippen molar-refractivity contribution in [2.75, 3.05) is 24.5 Å². The van der Waals surface area contributed by atoms with E-state index in [0.717, 1.165) is 11.1 Å². The van der Waals surface area contributed by atoms with Crippen molar-refractivity contribution in [3.05, 3.63) is 105 Å². The monoisotopic (exact) mass is 517 g/mol. The number of benzene rings is 2. The molecule has 1 unspecified atom stereocenters. The Morgan fingerprint density at radius 2 is 1.58 bits per heavy atom. The molecule has 0 bridgehead atoms. The first kappa shape index (κ1) is 25.5. The van der Waals surface area contributed by atoms with Gasteiger partial charge in [0.1, 0.15) is 34.6 Å². The van der Waals surface area contributed by atoms with Gasteiger partial charge in [0.2, 0.25) is 5.82 Å². The Labute approximate surface area is 218 Å². The number of aromatic nitrogens is 2. The molecule has 1 aliphatic rings. The van der Waals surface area contributed by atoms with Gasteiger partial charge in [0.15, 0.2) is 0 Å². The van der Waals surface area contributed by atoms with E-state index >= 15 is 4.39 Å². The molecule has 1 aliphatic heterocycles. The van der Waals surface area contributed by atoms with E-state index in [-0.39, 0.29) is 40.6 Å². The van der Waals surface area contributed by atoms with Gasteiger partial charge in [0.25, 0.3) is 5.56 Å². The fourth-order valence-electron chi connectivity index (χ4n) is 5.35. The lowest BCUT2D eigenvalue weighted by molar-refractivity contribution is 0.134. The molecular weight excluding hydrogens is 491 g/mol. The zero-order chi connectivity index (χ0) is 27.0. The van der Waals surface area contributed by atoms with Crippen molar-refractivity contribution in [3.63, 3.8) is 0 Å². The van der Waals surface area contributed by atoms with Crippen LogP contribution in [0.25, 0.3) is 11.0 Å². The lowest BCUT2D eigenvalue weighted by Crippen LogP contribution is -2.54. The maximum absolute atomic E-state index is 15.5. The third kappa shape index (κ3) is 4.52. The Balaban J connectivity index is 1.57. The molecule has 3 heterocycles. The van der Waals surface area contributed by atoms with Crippen LogP contribution in [0.4, 0.5) is 18.9 Å². The number of hydrogen-bond donors (Lipinski definition) is 0. The summed E-state index contributed by atoms with van der Waals surface area (Å²) < 4.78 is 44.2. The van der Waals surface area contributed by atoms with Gasteiger partial charge < -0.3 is 9.47 Å². The van der Waals surface area contributed by atoms with Crippen LogP contribution in [0.5, 0.6) is 0 Å². The number of pyridine rings is 2. The van der Waals surface area contributed by atoms with Crippen LogP contribution in [-0.4, -0.2) is 40.1 Å². The zero-order valence-corrected chi connectivity index (χ0v) is 21.0. The van der Waals surface area contributed by atoms with Crippen molar-refractivity contribution in [1.82, 2.24) is 14.5 Å². The van der Waals surface area contributed by atoms with E-state index in [4.69, 9.17) is 0 Å². The Morgan fingerprint density at radius 1 is 0.974 bits per heavy atom. The molecule has 4 aromatic rings. The predicted molar refractivity (Wildman–Crippen MR) is 139 cm³/mol. The largest absolute Gasteiger partial charge is 0.364 e. The van der Waals surface area contributed by atoms with E-state index in [1.807, 2.05) is 17.9 Å². The number of fused-ring (bicyclic) bond motifs is 1. The van der Waals surface area contributed by atoms with Gasteiger partial charge >= 0.3 is 0 Å². The van der Waals surface area contributed by atoms with E-state index in [9.17, 15) is 18.8 Å². The second-order valence-corrected chi connectivity index (χ2v) is 9.45. The number of piperazine rings is 1. The average molecular weight is 518 g/mol. The standard InChI is InChI=1S/C29H26F3N5O/c1-3-23-17-36(28-25(32)29(38)35(2)24-13-12-22(16-33)34-26(24)28)14-15-37(23)27(18-4-8-20(30)9-5-18)19-6-10-21(31)11-7-19/h4-13,23,27H,3,14-15,17H2,1-2H3.